The molecule has 1 aliphatic carbocycles. The summed E-state index contributed by atoms with van der Waals surface area (Å²) in [6.07, 6.45) is 7.10. The van der Waals surface area contributed by atoms with Crippen molar-refractivity contribution in [2.75, 3.05) is 19.4 Å². The first kappa shape index (κ1) is 16.2. The molecule has 4 nitrogen and oxygen atoms in total. The van der Waals surface area contributed by atoms with Gasteiger partial charge < -0.3 is 10.1 Å². The third-order valence-corrected chi connectivity index (χ3v) is 7.15. The second-order valence-corrected chi connectivity index (χ2v) is 8.63. The molecule has 0 aromatic carbocycles. The second-order valence-electron chi connectivity index (χ2n) is 6.37. The van der Waals surface area contributed by atoms with Crippen molar-refractivity contribution in [1.82, 2.24) is 5.32 Å². The van der Waals surface area contributed by atoms with Gasteiger partial charge >= 0.3 is 0 Å². The summed E-state index contributed by atoms with van der Waals surface area (Å²) in [6.45, 7) is 2.90. The normalized spacial score (nSPS) is 35.3. The molecular weight excluding hydrogens is 274 g/mol. The Balaban J connectivity index is 2.04. The molecule has 4 atom stereocenters. The Hall–Kier alpha value is -0.130. The molecule has 0 amide bonds. The maximum absolute atomic E-state index is 12.7. The van der Waals surface area contributed by atoms with Gasteiger partial charge in [0.1, 0.15) is 0 Å². The van der Waals surface area contributed by atoms with Crippen LogP contribution < -0.4 is 5.32 Å². The molecule has 1 heterocycles. The SMILES string of the molecule is CCCC1CCC(NC)C(S(=O)(=O)CC2CCCO2)C1. The molecule has 2 aliphatic rings. The number of hydrogen-bond donors (Lipinski definition) is 1. The summed E-state index contributed by atoms with van der Waals surface area (Å²) in [6, 6.07) is 0.120. The molecule has 4 unspecified atom stereocenters. The van der Waals surface area contributed by atoms with Crippen LogP contribution in [0.2, 0.25) is 0 Å². The molecule has 5 heteroatoms. The topological polar surface area (TPSA) is 55.4 Å². The van der Waals surface area contributed by atoms with Crippen molar-refractivity contribution in [3.05, 3.63) is 0 Å². The highest BCUT2D eigenvalue weighted by molar-refractivity contribution is 7.92. The van der Waals surface area contributed by atoms with E-state index < -0.39 is 9.84 Å². The summed E-state index contributed by atoms with van der Waals surface area (Å²) in [5.41, 5.74) is 0. The van der Waals surface area contributed by atoms with Gasteiger partial charge in [-0.2, -0.15) is 0 Å². The van der Waals surface area contributed by atoms with Crippen molar-refractivity contribution in [3.63, 3.8) is 0 Å². The zero-order valence-electron chi connectivity index (χ0n) is 12.8. The van der Waals surface area contributed by atoms with Crippen LogP contribution in [0, 0.1) is 5.92 Å². The van der Waals surface area contributed by atoms with Gasteiger partial charge in [-0.1, -0.05) is 19.8 Å². The Morgan fingerprint density at radius 2 is 2.05 bits per heavy atom. The Morgan fingerprint density at radius 3 is 2.65 bits per heavy atom. The average molecular weight is 303 g/mol. The van der Waals surface area contributed by atoms with Gasteiger partial charge in [0.15, 0.2) is 9.84 Å². The zero-order chi connectivity index (χ0) is 14.6. The van der Waals surface area contributed by atoms with Crippen LogP contribution in [0.3, 0.4) is 0 Å². The highest BCUT2D eigenvalue weighted by Crippen LogP contribution is 2.33. The van der Waals surface area contributed by atoms with Crippen molar-refractivity contribution < 1.29 is 13.2 Å². The fourth-order valence-electron chi connectivity index (χ4n) is 3.77. The number of nitrogens with one attached hydrogen (secondary N) is 1. The second kappa shape index (κ2) is 7.23. The van der Waals surface area contributed by atoms with Crippen LogP contribution in [-0.2, 0) is 14.6 Å². The lowest BCUT2D eigenvalue weighted by Crippen LogP contribution is -2.48. The van der Waals surface area contributed by atoms with E-state index in [4.69, 9.17) is 4.74 Å². The van der Waals surface area contributed by atoms with Crippen LogP contribution >= 0.6 is 0 Å². The highest BCUT2D eigenvalue weighted by atomic mass is 32.2. The molecule has 0 radical (unpaired) electrons. The van der Waals surface area contributed by atoms with E-state index >= 15 is 0 Å². The minimum Gasteiger partial charge on any atom is -0.377 e. The molecule has 0 bridgehead atoms. The van der Waals surface area contributed by atoms with Crippen molar-refractivity contribution >= 4 is 9.84 Å². The fraction of sp³-hybridized carbons (Fsp3) is 1.00. The number of hydrogen-bond acceptors (Lipinski definition) is 4. The van der Waals surface area contributed by atoms with E-state index in [9.17, 15) is 8.42 Å². The van der Waals surface area contributed by atoms with Gasteiger partial charge in [0.25, 0.3) is 0 Å². The van der Waals surface area contributed by atoms with Gasteiger partial charge in [0.2, 0.25) is 0 Å². The summed E-state index contributed by atoms with van der Waals surface area (Å²) in [5, 5.41) is 3.01. The number of rotatable bonds is 6. The summed E-state index contributed by atoms with van der Waals surface area (Å²) in [5.74, 6) is 0.795. The molecule has 1 aliphatic heterocycles. The van der Waals surface area contributed by atoms with Crippen LogP contribution in [0.4, 0.5) is 0 Å². The molecule has 0 aromatic heterocycles. The average Bonchev–Trinajstić information content (AvgIpc) is 2.91. The van der Waals surface area contributed by atoms with Crippen LogP contribution in [0.1, 0.15) is 51.9 Å². The van der Waals surface area contributed by atoms with E-state index in [1.165, 1.54) is 0 Å². The number of ether oxygens (including phenoxy) is 1. The monoisotopic (exact) mass is 303 g/mol. The molecular formula is C15H29NO3S. The Morgan fingerprint density at radius 1 is 1.25 bits per heavy atom. The van der Waals surface area contributed by atoms with Crippen molar-refractivity contribution in [1.29, 1.82) is 0 Å². The molecule has 0 aromatic rings. The first-order valence-corrected chi connectivity index (χ1v) is 9.78. The molecule has 2 fully saturated rings. The quantitative estimate of drug-likeness (QED) is 0.817. The van der Waals surface area contributed by atoms with Crippen LogP contribution in [-0.4, -0.2) is 45.2 Å². The van der Waals surface area contributed by atoms with Crippen LogP contribution in [0.5, 0.6) is 0 Å². The standard InChI is InChI=1S/C15H29NO3S/c1-3-5-12-7-8-14(16-2)15(10-12)20(17,18)11-13-6-4-9-19-13/h12-16H,3-11H2,1-2H3. The van der Waals surface area contributed by atoms with Gasteiger partial charge in [0, 0.05) is 12.6 Å². The Kier molecular flexibility index (Phi) is 5.87. The molecule has 1 saturated heterocycles. The van der Waals surface area contributed by atoms with E-state index in [1.54, 1.807) is 0 Å². The van der Waals surface area contributed by atoms with E-state index in [0.717, 1.165) is 51.6 Å². The van der Waals surface area contributed by atoms with Gasteiger partial charge in [0.05, 0.1) is 17.1 Å². The first-order valence-electron chi connectivity index (χ1n) is 8.07. The van der Waals surface area contributed by atoms with E-state index in [-0.39, 0.29) is 23.1 Å². The molecule has 20 heavy (non-hydrogen) atoms. The maximum atomic E-state index is 12.7. The van der Waals surface area contributed by atoms with Crippen molar-refractivity contribution in [3.8, 4) is 0 Å². The fourth-order valence-corrected chi connectivity index (χ4v) is 6.13. The summed E-state index contributed by atoms with van der Waals surface area (Å²) in [4.78, 5) is 0. The highest BCUT2D eigenvalue weighted by Gasteiger charge is 2.39. The van der Waals surface area contributed by atoms with Gasteiger partial charge in [-0.15, -0.1) is 0 Å². The zero-order valence-corrected chi connectivity index (χ0v) is 13.6. The Labute approximate surface area is 123 Å². The lowest BCUT2D eigenvalue weighted by atomic mass is 9.83. The predicted molar refractivity (Wildman–Crippen MR) is 81.6 cm³/mol. The molecule has 1 N–H and O–H groups in total. The lowest BCUT2D eigenvalue weighted by molar-refractivity contribution is 0.127. The minimum absolute atomic E-state index is 0.0657. The van der Waals surface area contributed by atoms with Gasteiger partial charge in [-0.25, -0.2) is 8.42 Å². The third kappa shape index (κ3) is 3.95. The third-order valence-electron chi connectivity index (χ3n) is 4.87. The largest absolute Gasteiger partial charge is 0.377 e. The minimum atomic E-state index is -3.07. The van der Waals surface area contributed by atoms with Crippen LogP contribution in [0.15, 0.2) is 0 Å². The number of sulfone groups is 1. The maximum Gasteiger partial charge on any atom is 0.157 e. The van der Waals surface area contributed by atoms with Crippen LogP contribution in [0.25, 0.3) is 0 Å². The van der Waals surface area contributed by atoms with Gasteiger partial charge in [-0.05, 0) is 45.1 Å². The summed E-state index contributed by atoms with van der Waals surface area (Å²) >= 11 is 0. The van der Waals surface area contributed by atoms with Crippen molar-refractivity contribution in [2.45, 2.75) is 69.3 Å². The predicted octanol–water partition coefficient (Wildman–Crippen LogP) is 2.14. The smallest absolute Gasteiger partial charge is 0.157 e. The van der Waals surface area contributed by atoms with Crippen molar-refractivity contribution in [2.24, 2.45) is 5.92 Å². The Bertz CT molecular complexity index is 390. The molecule has 1 saturated carbocycles. The molecule has 0 spiro atoms. The van der Waals surface area contributed by atoms with E-state index in [0.29, 0.717) is 5.92 Å². The molecule has 2 rings (SSSR count). The summed E-state index contributed by atoms with van der Waals surface area (Å²) < 4.78 is 31.0. The first-order chi connectivity index (χ1) is 9.56. The van der Waals surface area contributed by atoms with E-state index in [1.807, 2.05) is 7.05 Å². The van der Waals surface area contributed by atoms with E-state index in [2.05, 4.69) is 12.2 Å². The molecule has 118 valence electrons. The lowest BCUT2D eigenvalue weighted by Gasteiger charge is -2.36. The van der Waals surface area contributed by atoms with Gasteiger partial charge in [-0.3, -0.25) is 0 Å². The summed E-state index contributed by atoms with van der Waals surface area (Å²) in [7, 11) is -1.18.